The highest BCUT2D eigenvalue weighted by molar-refractivity contribution is 7.89. The van der Waals surface area contributed by atoms with Gasteiger partial charge in [-0.1, -0.05) is 23.7 Å². The van der Waals surface area contributed by atoms with Crippen molar-refractivity contribution in [3.05, 3.63) is 65.6 Å². The monoisotopic (exact) mass is 390 g/mol. The summed E-state index contributed by atoms with van der Waals surface area (Å²) in [6.07, 6.45) is 3.99. The van der Waals surface area contributed by atoms with Crippen molar-refractivity contribution in [2.45, 2.75) is 11.4 Å². The Morgan fingerprint density at radius 3 is 2.58 bits per heavy atom. The third-order valence-corrected chi connectivity index (χ3v) is 6.69. The molecule has 0 amide bonds. The number of pyridine rings is 1. The van der Waals surface area contributed by atoms with Gasteiger partial charge in [-0.3, -0.25) is 4.90 Å². The molecule has 1 fully saturated rings. The van der Waals surface area contributed by atoms with Gasteiger partial charge in [0.1, 0.15) is 5.65 Å². The van der Waals surface area contributed by atoms with Crippen molar-refractivity contribution >= 4 is 27.3 Å². The van der Waals surface area contributed by atoms with Gasteiger partial charge in [-0.05, 0) is 30.3 Å². The summed E-state index contributed by atoms with van der Waals surface area (Å²) in [6, 6.07) is 12.3. The summed E-state index contributed by atoms with van der Waals surface area (Å²) in [4.78, 5) is 7.08. The normalized spacial score (nSPS) is 17.0. The molecule has 6 nitrogen and oxygen atoms in total. The van der Waals surface area contributed by atoms with Gasteiger partial charge in [-0.25, -0.2) is 13.4 Å². The van der Waals surface area contributed by atoms with E-state index in [9.17, 15) is 8.42 Å². The van der Waals surface area contributed by atoms with Crippen LogP contribution in [0.3, 0.4) is 0 Å². The number of fused-ring (bicyclic) bond motifs is 1. The minimum absolute atomic E-state index is 0.249. The molecule has 1 aliphatic rings. The number of aromatic nitrogens is 2. The second-order valence-corrected chi connectivity index (χ2v) is 8.71. The summed E-state index contributed by atoms with van der Waals surface area (Å²) in [5.74, 6) is 0. The Kier molecular flexibility index (Phi) is 4.71. The molecule has 1 aliphatic heterocycles. The SMILES string of the molecule is O=S(=O)(c1cccc(Cl)c1)N1CCN(Cc2cn3ccccc3n2)CC1. The number of piperazine rings is 1. The predicted molar refractivity (Wildman–Crippen MR) is 101 cm³/mol. The van der Waals surface area contributed by atoms with Crippen LogP contribution in [0, 0.1) is 0 Å². The van der Waals surface area contributed by atoms with Gasteiger partial charge in [-0.2, -0.15) is 4.31 Å². The van der Waals surface area contributed by atoms with Crippen molar-refractivity contribution in [3.8, 4) is 0 Å². The fourth-order valence-corrected chi connectivity index (χ4v) is 4.92. The maximum Gasteiger partial charge on any atom is 0.243 e. The first-order valence-electron chi connectivity index (χ1n) is 8.43. The Balaban J connectivity index is 1.42. The number of rotatable bonds is 4. The molecule has 3 aromatic rings. The molecule has 136 valence electrons. The Labute approximate surface area is 157 Å². The van der Waals surface area contributed by atoms with E-state index in [0.717, 1.165) is 11.3 Å². The molecule has 26 heavy (non-hydrogen) atoms. The minimum Gasteiger partial charge on any atom is -0.307 e. The van der Waals surface area contributed by atoms with Crippen LogP contribution in [0.15, 0.2) is 59.8 Å². The van der Waals surface area contributed by atoms with Gasteiger partial charge in [0.2, 0.25) is 10.0 Å². The molecule has 4 rings (SSSR count). The van der Waals surface area contributed by atoms with Gasteiger partial charge in [0.25, 0.3) is 0 Å². The molecular weight excluding hydrogens is 372 g/mol. The molecule has 1 saturated heterocycles. The smallest absolute Gasteiger partial charge is 0.243 e. The second-order valence-electron chi connectivity index (χ2n) is 6.34. The van der Waals surface area contributed by atoms with Crippen LogP contribution in [0.25, 0.3) is 5.65 Å². The molecule has 0 unspecified atom stereocenters. The van der Waals surface area contributed by atoms with Gasteiger partial charge in [-0.15, -0.1) is 0 Å². The van der Waals surface area contributed by atoms with Crippen LogP contribution >= 0.6 is 11.6 Å². The van der Waals surface area contributed by atoms with Gasteiger partial charge in [0.05, 0.1) is 10.6 Å². The average Bonchev–Trinajstić information content (AvgIpc) is 3.04. The Morgan fingerprint density at radius 1 is 1.04 bits per heavy atom. The van der Waals surface area contributed by atoms with E-state index in [-0.39, 0.29) is 4.90 Å². The van der Waals surface area contributed by atoms with E-state index >= 15 is 0 Å². The van der Waals surface area contributed by atoms with Crippen LogP contribution in [-0.4, -0.2) is 53.2 Å². The first-order chi connectivity index (χ1) is 12.5. The van der Waals surface area contributed by atoms with Crippen molar-refractivity contribution in [1.82, 2.24) is 18.6 Å². The molecule has 0 bridgehead atoms. The molecule has 0 saturated carbocycles. The summed E-state index contributed by atoms with van der Waals surface area (Å²) in [6.45, 7) is 2.98. The zero-order valence-electron chi connectivity index (χ0n) is 14.1. The predicted octanol–water partition coefficient (Wildman–Crippen LogP) is 2.49. The minimum atomic E-state index is -3.50. The first-order valence-corrected chi connectivity index (χ1v) is 10.2. The van der Waals surface area contributed by atoms with E-state index < -0.39 is 10.0 Å². The van der Waals surface area contributed by atoms with E-state index in [2.05, 4.69) is 9.88 Å². The Morgan fingerprint density at radius 2 is 1.85 bits per heavy atom. The van der Waals surface area contributed by atoms with Crippen molar-refractivity contribution in [1.29, 1.82) is 0 Å². The van der Waals surface area contributed by atoms with E-state index in [0.29, 0.717) is 37.7 Å². The number of halogens is 1. The lowest BCUT2D eigenvalue weighted by Crippen LogP contribution is -2.48. The molecule has 2 aromatic heterocycles. The van der Waals surface area contributed by atoms with Gasteiger partial charge >= 0.3 is 0 Å². The Bertz CT molecular complexity index is 993. The van der Waals surface area contributed by atoms with Crippen LogP contribution < -0.4 is 0 Å². The lowest BCUT2D eigenvalue weighted by atomic mass is 10.3. The second kappa shape index (κ2) is 7.00. The van der Waals surface area contributed by atoms with E-state index in [1.165, 1.54) is 10.4 Å². The summed E-state index contributed by atoms with van der Waals surface area (Å²) >= 11 is 5.94. The molecule has 0 spiro atoms. The molecule has 0 radical (unpaired) electrons. The zero-order valence-corrected chi connectivity index (χ0v) is 15.7. The molecule has 0 atom stereocenters. The van der Waals surface area contributed by atoms with Crippen molar-refractivity contribution in [2.75, 3.05) is 26.2 Å². The maximum absolute atomic E-state index is 12.8. The number of imidazole rings is 1. The average molecular weight is 391 g/mol. The van der Waals surface area contributed by atoms with E-state index in [4.69, 9.17) is 11.6 Å². The van der Waals surface area contributed by atoms with Crippen molar-refractivity contribution in [3.63, 3.8) is 0 Å². The molecule has 0 aliphatic carbocycles. The summed E-state index contributed by atoms with van der Waals surface area (Å²) in [5.41, 5.74) is 1.91. The van der Waals surface area contributed by atoms with E-state index in [1.54, 1.807) is 18.2 Å². The lowest BCUT2D eigenvalue weighted by molar-refractivity contribution is 0.180. The fourth-order valence-electron chi connectivity index (χ4n) is 3.20. The van der Waals surface area contributed by atoms with Crippen molar-refractivity contribution in [2.24, 2.45) is 0 Å². The quantitative estimate of drug-likeness (QED) is 0.686. The topological polar surface area (TPSA) is 57.9 Å². The van der Waals surface area contributed by atoms with Gasteiger partial charge in [0.15, 0.2) is 0 Å². The Hall–Kier alpha value is -1.93. The van der Waals surface area contributed by atoms with Crippen LogP contribution in [0.4, 0.5) is 0 Å². The maximum atomic E-state index is 12.8. The molecule has 0 N–H and O–H groups in total. The summed E-state index contributed by atoms with van der Waals surface area (Å²) in [5, 5.41) is 0.427. The van der Waals surface area contributed by atoms with Crippen LogP contribution in [0.2, 0.25) is 5.02 Å². The highest BCUT2D eigenvalue weighted by atomic mass is 35.5. The lowest BCUT2D eigenvalue weighted by Gasteiger charge is -2.33. The molecule has 8 heteroatoms. The number of nitrogens with zero attached hydrogens (tertiary/aromatic N) is 4. The number of benzene rings is 1. The van der Waals surface area contributed by atoms with Crippen LogP contribution in [0.1, 0.15) is 5.69 Å². The third kappa shape index (κ3) is 3.48. The standard InChI is InChI=1S/C18H19ClN4O2S/c19-15-4-3-5-17(12-15)26(24,25)23-10-8-21(9-11-23)13-16-14-22-7-2-1-6-18(22)20-16/h1-7,12,14H,8-11,13H2. The van der Waals surface area contributed by atoms with Crippen LogP contribution in [-0.2, 0) is 16.6 Å². The molecule has 3 heterocycles. The molecule has 1 aromatic carbocycles. The highest BCUT2D eigenvalue weighted by Gasteiger charge is 2.28. The van der Waals surface area contributed by atoms with Crippen molar-refractivity contribution < 1.29 is 8.42 Å². The molecular formula is C18H19ClN4O2S. The summed E-state index contributed by atoms with van der Waals surface area (Å²) < 4.78 is 29.0. The summed E-state index contributed by atoms with van der Waals surface area (Å²) in [7, 11) is -3.50. The first kappa shape index (κ1) is 17.5. The fraction of sp³-hybridized carbons (Fsp3) is 0.278. The van der Waals surface area contributed by atoms with E-state index in [1.807, 2.05) is 35.0 Å². The largest absolute Gasteiger partial charge is 0.307 e. The number of hydrogen-bond acceptors (Lipinski definition) is 4. The number of sulfonamides is 1. The van der Waals surface area contributed by atoms with Gasteiger partial charge in [0, 0.05) is 50.1 Å². The third-order valence-electron chi connectivity index (χ3n) is 4.56. The van der Waals surface area contributed by atoms with Gasteiger partial charge < -0.3 is 4.40 Å². The number of hydrogen-bond donors (Lipinski definition) is 0. The van der Waals surface area contributed by atoms with Crippen LogP contribution in [0.5, 0.6) is 0 Å². The highest BCUT2D eigenvalue weighted by Crippen LogP contribution is 2.21. The zero-order chi connectivity index (χ0) is 18.1.